The van der Waals surface area contributed by atoms with Gasteiger partial charge >= 0.3 is 0 Å². The molecule has 1 aromatic rings. The van der Waals surface area contributed by atoms with E-state index >= 15 is 0 Å². The lowest BCUT2D eigenvalue weighted by Gasteiger charge is -2.24. The smallest absolute Gasteiger partial charge is 0.0142 e. The van der Waals surface area contributed by atoms with Crippen molar-refractivity contribution in [3.8, 4) is 0 Å². The molecule has 2 aliphatic rings. The molecule has 21 heavy (non-hydrogen) atoms. The number of hydrogen-bond acceptors (Lipinski definition) is 2. The molecule has 118 valence electrons. The second kappa shape index (κ2) is 8.79. The Morgan fingerprint density at radius 2 is 1.81 bits per heavy atom. The van der Waals surface area contributed by atoms with E-state index in [1.807, 2.05) is 0 Å². The molecular weight excluding hydrogens is 303 g/mol. The van der Waals surface area contributed by atoms with Crippen LogP contribution >= 0.6 is 24.8 Å². The Balaban J connectivity index is 0.00000110. The van der Waals surface area contributed by atoms with E-state index in [-0.39, 0.29) is 24.8 Å². The first kappa shape index (κ1) is 18.5. The van der Waals surface area contributed by atoms with Crippen molar-refractivity contribution in [2.45, 2.75) is 38.3 Å². The zero-order chi connectivity index (χ0) is 13.1. The predicted molar refractivity (Wildman–Crippen MR) is 95.5 cm³/mol. The molecule has 3 rings (SSSR count). The van der Waals surface area contributed by atoms with Gasteiger partial charge in [-0.1, -0.05) is 42.0 Å². The average Bonchev–Trinajstić information content (AvgIpc) is 3.20. The lowest BCUT2D eigenvalue weighted by Crippen LogP contribution is -2.41. The highest BCUT2D eigenvalue weighted by Crippen LogP contribution is 2.38. The van der Waals surface area contributed by atoms with Gasteiger partial charge in [0.25, 0.3) is 0 Å². The van der Waals surface area contributed by atoms with Gasteiger partial charge in [-0.15, -0.1) is 24.8 Å². The van der Waals surface area contributed by atoms with Gasteiger partial charge in [-0.3, -0.25) is 0 Å². The van der Waals surface area contributed by atoms with Crippen LogP contribution in [-0.2, 0) is 0 Å². The summed E-state index contributed by atoms with van der Waals surface area (Å²) in [7, 11) is 0. The minimum absolute atomic E-state index is 0. The summed E-state index contributed by atoms with van der Waals surface area (Å²) < 4.78 is 0. The Labute approximate surface area is 140 Å². The predicted octanol–water partition coefficient (Wildman–Crippen LogP) is 3.66. The van der Waals surface area contributed by atoms with Crippen LogP contribution in [0.2, 0.25) is 0 Å². The van der Waals surface area contributed by atoms with E-state index in [1.165, 1.54) is 43.5 Å². The van der Waals surface area contributed by atoms with E-state index in [0.29, 0.717) is 0 Å². The van der Waals surface area contributed by atoms with Crippen molar-refractivity contribution in [3.63, 3.8) is 0 Å². The molecule has 1 saturated carbocycles. The van der Waals surface area contributed by atoms with Crippen LogP contribution in [-0.4, -0.2) is 25.2 Å². The summed E-state index contributed by atoms with van der Waals surface area (Å²) in [5.74, 6) is 0.759. The molecule has 4 heteroatoms. The number of nitrogens with one attached hydrogen (secondary N) is 2. The molecule has 0 bridgehead atoms. The minimum atomic E-state index is 0. The highest BCUT2D eigenvalue weighted by atomic mass is 35.5. The lowest BCUT2D eigenvalue weighted by molar-refractivity contribution is 0.381. The van der Waals surface area contributed by atoms with E-state index in [0.717, 1.165) is 18.0 Å². The molecule has 1 aromatic carbocycles. The highest BCUT2D eigenvalue weighted by Gasteiger charge is 2.39. The molecule has 0 aromatic heterocycles. The van der Waals surface area contributed by atoms with Crippen molar-refractivity contribution >= 4 is 30.9 Å². The van der Waals surface area contributed by atoms with Crippen LogP contribution in [0.4, 0.5) is 0 Å². The summed E-state index contributed by atoms with van der Waals surface area (Å²) in [4.78, 5) is 0. The van der Waals surface area contributed by atoms with Crippen LogP contribution in [0.5, 0.6) is 0 Å². The van der Waals surface area contributed by atoms with E-state index < -0.39 is 0 Å². The Kier molecular flexibility index (Phi) is 7.75. The normalized spacial score (nSPS) is 25.7. The number of hydrogen-bond donors (Lipinski definition) is 2. The third-order valence-corrected chi connectivity index (χ3v) is 4.36. The van der Waals surface area contributed by atoms with Gasteiger partial charge in [0.2, 0.25) is 0 Å². The van der Waals surface area contributed by atoms with Gasteiger partial charge in [0, 0.05) is 12.1 Å². The molecule has 1 heterocycles. The molecular formula is C17H26Cl2N2. The van der Waals surface area contributed by atoms with Crippen LogP contribution < -0.4 is 10.6 Å². The number of benzene rings is 1. The first-order valence-electron chi connectivity index (χ1n) is 7.53. The van der Waals surface area contributed by atoms with Crippen molar-refractivity contribution in [1.82, 2.24) is 10.6 Å². The summed E-state index contributed by atoms with van der Waals surface area (Å²) in [5.41, 5.74) is 2.85. The van der Waals surface area contributed by atoms with Crippen LogP contribution in [0.3, 0.4) is 0 Å². The molecule has 0 radical (unpaired) electrons. The lowest BCUT2D eigenvalue weighted by atomic mass is 10.1. The first-order valence-corrected chi connectivity index (χ1v) is 7.53. The summed E-state index contributed by atoms with van der Waals surface area (Å²) in [5, 5.41) is 7.25. The Hall–Kier alpha value is -0.540. The van der Waals surface area contributed by atoms with E-state index in [4.69, 9.17) is 0 Å². The standard InChI is InChI=1S/C17H24N2.2ClH/c1-13(11-14-5-3-2-4-6-14)16-12-17(16)19-15-7-9-18-10-8-15;;/h2-6,11,15-19H,7-10,12H2,1H3;2*1H. The van der Waals surface area contributed by atoms with Crippen LogP contribution in [0, 0.1) is 5.92 Å². The topological polar surface area (TPSA) is 24.1 Å². The Morgan fingerprint density at radius 3 is 2.48 bits per heavy atom. The maximum atomic E-state index is 3.83. The van der Waals surface area contributed by atoms with Crippen molar-refractivity contribution < 1.29 is 0 Å². The van der Waals surface area contributed by atoms with Gasteiger partial charge in [-0.05, 0) is 50.8 Å². The average molecular weight is 329 g/mol. The largest absolute Gasteiger partial charge is 0.317 e. The third-order valence-electron chi connectivity index (χ3n) is 4.36. The quantitative estimate of drug-likeness (QED) is 0.881. The van der Waals surface area contributed by atoms with Crippen LogP contribution in [0.15, 0.2) is 35.9 Å². The van der Waals surface area contributed by atoms with Crippen molar-refractivity contribution in [1.29, 1.82) is 0 Å². The van der Waals surface area contributed by atoms with Crippen LogP contribution in [0.25, 0.3) is 6.08 Å². The maximum absolute atomic E-state index is 3.83. The van der Waals surface area contributed by atoms with Crippen molar-refractivity contribution in [2.75, 3.05) is 13.1 Å². The van der Waals surface area contributed by atoms with E-state index in [1.54, 1.807) is 0 Å². The Morgan fingerprint density at radius 1 is 1.14 bits per heavy atom. The molecule has 2 unspecified atom stereocenters. The molecule has 1 aliphatic carbocycles. The van der Waals surface area contributed by atoms with Crippen LogP contribution in [0.1, 0.15) is 31.7 Å². The Bertz CT molecular complexity index is 441. The number of piperidine rings is 1. The molecule has 1 saturated heterocycles. The van der Waals surface area contributed by atoms with Gasteiger partial charge in [0.1, 0.15) is 0 Å². The summed E-state index contributed by atoms with van der Waals surface area (Å²) in [6.07, 6.45) is 6.23. The van der Waals surface area contributed by atoms with Gasteiger partial charge < -0.3 is 10.6 Å². The number of rotatable bonds is 4. The summed E-state index contributed by atoms with van der Waals surface area (Å²) in [6.45, 7) is 4.63. The van der Waals surface area contributed by atoms with Gasteiger partial charge in [0.05, 0.1) is 0 Å². The second-order valence-electron chi connectivity index (χ2n) is 5.94. The molecule has 1 aliphatic heterocycles. The van der Waals surface area contributed by atoms with Crippen molar-refractivity contribution in [3.05, 3.63) is 41.5 Å². The molecule has 2 atom stereocenters. The number of halogens is 2. The van der Waals surface area contributed by atoms with E-state index in [2.05, 4.69) is 54.0 Å². The van der Waals surface area contributed by atoms with Gasteiger partial charge in [0.15, 0.2) is 0 Å². The summed E-state index contributed by atoms with van der Waals surface area (Å²) in [6, 6.07) is 12.1. The summed E-state index contributed by atoms with van der Waals surface area (Å²) >= 11 is 0. The second-order valence-corrected chi connectivity index (χ2v) is 5.94. The molecule has 2 N–H and O–H groups in total. The highest BCUT2D eigenvalue weighted by molar-refractivity contribution is 5.85. The molecule has 2 nitrogen and oxygen atoms in total. The third kappa shape index (κ3) is 5.30. The van der Waals surface area contributed by atoms with E-state index in [9.17, 15) is 0 Å². The zero-order valence-electron chi connectivity index (χ0n) is 12.5. The monoisotopic (exact) mass is 328 g/mol. The van der Waals surface area contributed by atoms with Gasteiger partial charge in [-0.2, -0.15) is 0 Å². The first-order chi connectivity index (χ1) is 9.33. The fourth-order valence-electron chi connectivity index (χ4n) is 3.09. The molecule has 0 amide bonds. The zero-order valence-corrected chi connectivity index (χ0v) is 14.2. The fraction of sp³-hybridized carbons (Fsp3) is 0.529. The van der Waals surface area contributed by atoms with Gasteiger partial charge in [-0.25, -0.2) is 0 Å². The fourth-order valence-corrected chi connectivity index (χ4v) is 3.09. The maximum Gasteiger partial charge on any atom is 0.0142 e. The SMILES string of the molecule is CC(=Cc1ccccc1)C1CC1NC1CCNCC1.Cl.Cl. The van der Waals surface area contributed by atoms with Crippen molar-refractivity contribution in [2.24, 2.45) is 5.92 Å². The minimum Gasteiger partial charge on any atom is -0.317 e. The molecule has 0 spiro atoms. The molecule has 2 fully saturated rings.